The normalized spacial score (nSPS) is 26.1. The van der Waals surface area contributed by atoms with Crippen LogP contribution in [0.5, 0.6) is 0 Å². The predicted octanol–water partition coefficient (Wildman–Crippen LogP) is 3.01. The van der Waals surface area contributed by atoms with Crippen LogP contribution >= 0.6 is 24.8 Å². The molecule has 2 saturated carbocycles. The molecule has 0 unspecified atom stereocenters. The summed E-state index contributed by atoms with van der Waals surface area (Å²) < 4.78 is 0. The molecule has 3 N–H and O–H groups in total. The van der Waals surface area contributed by atoms with Crippen LogP contribution in [0.3, 0.4) is 0 Å². The standard InChI is InChI=1S/C17H31N3O.2ClH/c18-17(10-4-5-11-17)16(21)19-14-8-12-20(13-9-14)15-6-2-1-3-7-15;;/h14-15H,1-13,18H2,(H,19,21);2*1H. The van der Waals surface area contributed by atoms with Gasteiger partial charge in [-0.2, -0.15) is 0 Å². The second kappa shape index (κ2) is 9.45. The number of nitrogens with one attached hydrogen (secondary N) is 1. The highest BCUT2D eigenvalue weighted by Gasteiger charge is 2.38. The number of hydrogen-bond donors (Lipinski definition) is 2. The van der Waals surface area contributed by atoms with Gasteiger partial charge in [0.25, 0.3) is 0 Å². The largest absolute Gasteiger partial charge is 0.352 e. The highest BCUT2D eigenvalue weighted by Crippen LogP contribution is 2.28. The lowest BCUT2D eigenvalue weighted by molar-refractivity contribution is -0.127. The maximum absolute atomic E-state index is 12.4. The van der Waals surface area contributed by atoms with Crippen LogP contribution in [0.2, 0.25) is 0 Å². The number of likely N-dealkylation sites (tertiary alicyclic amines) is 1. The van der Waals surface area contributed by atoms with Crippen molar-refractivity contribution in [3.63, 3.8) is 0 Å². The summed E-state index contributed by atoms with van der Waals surface area (Å²) >= 11 is 0. The first-order valence-corrected chi connectivity index (χ1v) is 9.01. The van der Waals surface area contributed by atoms with Gasteiger partial charge in [0, 0.05) is 25.2 Å². The Morgan fingerprint density at radius 1 is 0.913 bits per heavy atom. The maximum atomic E-state index is 12.4. The molecule has 6 heteroatoms. The lowest BCUT2D eigenvalue weighted by Gasteiger charge is -2.40. The Kier molecular flexibility index (Phi) is 8.64. The average molecular weight is 366 g/mol. The highest BCUT2D eigenvalue weighted by molar-refractivity contribution is 5.86. The van der Waals surface area contributed by atoms with Crippen molar-refractivity contribution in [3.05, 3.63) is 0 Å². The smallest absolute Gasteiger partial charge is 0.240 e. The van der Waals surface area contributed by atoms with Gasteiger partial charge in [-0.3, -0.25) is 4.79 Å². The number of piperidine rings is 1. The average Bonchev–Trinajstić information content (AvgIpc) is 2.97. The number of nitrogens with zero attached hydrogens (tertiary/aromatic N) is 1. The van der Waals surface area contributed by atoms with Gasteiger partial charge in [0.1, 0.15) is 0 Å². The molecule has 136 valence electrons. The Hall–Kier alpha value is -0.0300. The zero-order valence-electron chi connectivity index (χ0n) is 14.1. The summed E-state index contributed by atoms with van der Waals surface area (Å²) in [7, 11) is 0. The molecule has 0 spiro atoms. The Morgan fingerprint density at radius 2 is 1.48 bits per heavy atom. The number of amides is 1. The van der Waals surface area contributed by atoms with Gasteiger partial charge in [-0.25, -0.2) is 0 Å². The second-order valence-corrected chi connectivity index (χ2v) is 7.44. The third kappa shape index (κ3) is 5.22. The fourth-order valence-corrected chi connectivity index (χ4v) is 4.42. The molecular weight excluding hydrogens is 333 g/mol. The molecule has 0 atom stereocenters. The Bertz CT molecular complexity index is 361. The van der Waals surface area contributed by atoms with Crippen LogP contribution in [0.4, 0.5) is 0 Å². The van der Waals surface area contributed by atoms with Gasteiger partial charge in [0.15, 0.2) is 0 Å². The molecule has 0 radical (unpaired) electrons. The predicted molar refractivity (Wildman–Crippen MR) is 99.5 cm³/mol. The minimum absolute atomic E-state index is 0. The van der Waals surface area contributed by atoms with Crippen LogP contribution in [0.1, 0.15) is 70.6 Å². The van der Waals surface area contributed by atoms with E-state index in [0.29, 0.717) is 6.04 Å². The van der Waals surface area contributed by atoms with Gasteiger partial charge < -0.3 is 16.0 Å². The van der Waals surface area contributed by atoms with Crippen LogP contribution in [-0.4, -0.2) is 41.5 Å². The number of carbonyl (C=O) groups excluding carboxylic acids is 1. The Morgan fingerprint density at radius 3 is 2.04 bits per heavy atom. The number of halogens is 2. The van der Waals surface area contributed by atoms with Crippen molar-refractivity contribution in [3.8, 4) is 0 Å². The van der Waals surface area contributed by atoms with E-state index in [1.165, 1.54) is 32.1 Å². The molecule has 4 nitrogen and oxygen atoms in total. The van der Waals surface area contributed by atoms with Crippen molar-refractivity contribution in [1.82, 2.24) is 10.2 Å². The summed E-state index contributed by atoms with van der Waals surface area (Å²) in [5.41, 5.74) is 5.67. The zero-order valence-corrected chi connectivity index (χ0v) is 15.7. The van der Waals surface area contributed by atoms with Gasteiger partial charge in [0.2, 0.25) is 5.91 Å². The molecule has 0 aromatic heterocycles. The van der Waals surface area contributed by atoms with E-state index in [4.69, 9.17) is 5.73 Å². The minimum Gasteiger partial charge on any atom is -0.352 e. The van der Waals surface area contributed by atoms with Crippen LogP contribution in [0.25, 0.3) is 0 Å². The summed E-state index contributed by atoms with van der Waals surface area (Å²) in [6, 6.07) is 1.16. The van der Waals surface area contributed by atoms with Gasteiger partial charge in [-0.05, 0) is 38.5 Å². The quantitative estimate of drug-likeness (QED) is 0.807. The molecule has 3 fully saturated rings. The lowest BCUT2D eigenvalue weighted by atomic mass is 9.91. The minimum atomic E-state index is -0.569. The maximum Gasteiger partial charge on any atom is 0.240 e. The third-order valence-electron chi connectivity index (χ3n) is 5.90. The molecule has 0 aromatic carbocycles. The zero-order chi connectivity index (χ0) is 14.7. The molecule has 1 amide bonds. The van der Waals surface area contributed by atoms with Gasteiger partial charge in [-0.1, -0.05) is 32.1 Å². The molecule has 1 aliphatic heterocycles. The molecule has 3 rings (SSSR count). The Balaban J connectivity index is 0.00000132. The molecule has 1 saturated heterocycles. The molecule has 3 aliphatic rings. The van der Waals surface area contributed by atoms with E-state index in [9.17, 15) is 4.79 Å². The van der Waals surface area contributed by atoms with Crippen molar-refractivity contribution in [2.45, 2.75) is 88.3 Å². The summed E-state index contributed by atoms with van der Waals surface area (Å²) in [6.07, 6.45) is 13.1. The van der Waals surface area contributed by atoms with Crippen LogP contribution in [0, 0.1) is 0 Å². The van der Waals surface area contributed by atoms with E-state index >= 15 is 0 Å². The van der Waals surface area contributed by atoms with E-state index in [0.717, 1.165) is 57.7 Å². The SMILES string of the molecule is Cl.Cl.NC1(C(=O)NC2CCN(C3CCCCC3)CC2)CCCC1. The van der Waals surface area contributed by atoms with Crippen LogP contribution in [-0.2, 0) is 4.79 Å². The summed E-state index contributed by atoms with van der Waals surface area (Å²) in [4.78, 5) is 15.0. The molecule has 0 bridgehead atoms. The van der Waals surface area contributed by atoms with Gasteiger partial charge >= 0.3 is 0 Å². The van der Waals surface area contributed by atoms with E-state index in [1.54, 1.807) is 0 Å². The molecule has 0 aromatic rings. The monoisotopic (exact) mass is 365 g/mol. The number of nitrogens with two attached hydrogens (primary N) is 1. The summed E-state index contributed by atoms with van der Waals surface area (Å²) in [5, 5.41) is 3.23. The van der Waals surface area contributed by atoms with Gasteiger partial charge in [0.05, 0.1) is 5.54 Å². The molecule has 1 heterocycles. The van der Waals surface area contributed by atoms with Gasteiger partial charge in [-0.15, -0.1) is 24.8 Å². The number of hydrogen-bond acceptors (Lipinski definition) is 3. The third-order valence-corrected chi connectivity index (χ3v) is 5.90. The molecule has 23 heavy (non-hydrogen) atoms. The topological polar surface area (TPSA) is 58.4 Å². The van der Waals surface area contributed by atoms with Crippen LogP contribution < -0.4 is 11.1 Å². The van der Waals surface area contributed by atoms with E-state index in [2.05, 4.69) is 10.2 Å². The Labute approximate surface area is 153 Å². The van der Waals surface area contributed by atoms with Crippen molar-refractivity contribution in [2.75, 3.05) is 13.1 Å². The van der Waals surface area contributed by atoms with Crippen molar-refractivity contribution >= 4 is 30.7 Å². The first kappa shape index (κ1) is 21.0. The van der Waals surface area contributed by atoms with E-state index in [1.807, 2.05) is 0 Å². The first-order valence-electron chi connectivity index (χ1n) is 9.01. The summed E-state index contributed by atoms with van der Waals surface area (Å²) in [6.45, 7) is 2.29. The summed E-state index contributed by atoms with van der Waals surface area (Å²) in [5.74, 6) is 0.108. The fourth-order valence-electron chi connectivity index (χ4n) is 4.42. The number of carbonyl (C=O) groups is 1. The van der Waals surface area contributed by atoms with Crippen molar-refractivity contribution in [2.24, 2.45) is 5.73 Å². The number of rotatable bonds is 3. The van der Waals surface area contributed by atoms with Crippen molar-refractivity contribution < 1.29 is 4.79 Å². The second-order valence-electron chi connectivity index (χ2n) is 7.44. The fraction of sp³-hybridized carbons (Fsp3) is 0.941. The van der Waals surface area contributed by atoms with Crippen LogP contribution in [0.15, 0.2) is 0 Å². The molecule has 2 aliphatic carbocycles. The van der Waals surface area contributed by atoms with Crippen molar-refractivity contribution in [1.29, 1.82) is 0 Å². The lowest BCUT2D eigenvalue weighted by Crippen LogP contribution is -2.56. The highest BCUT2D eigenvalue weighted by atomic mass is 35.5. The molecular formula is C17H33Cl2N3O. The van der Waals surface area contributed by atoms with E-state index in [-0.39, 0.29) is 30.7 Å². The van der Waals surface area contributed by atoms with E-state index < -0.39 is 5.54 Å². The first-order chi connectivity index (χ1) is 10.2.